The first-order valence-corrected chi connectivity index (χ1v) is 12.8. The third-order valence-corrected chi connectivity index (χ3v) is 9.19. The van der Waals surface area contributed by atoms with Crippen LogP contribution in [0.15, 0.2) is 65.2 Å². The van der Waals surface area contributed by atoms with Crippen LogP contribution in [0.1, 0.15) is 31.0 Å². The summed E-state index contributed by atoms with van der Waals surface area (Å²) in [7, 11) is -4.17. The zero-order valence-electron chi connectivity index (χ0n) is 19.2. The molecule has 35 heavy (non-hydrogen) atoms. The van der Waals surface area contributed by atoms with Gasteiger partial charge in [0.15, 0.2) is 0 Å². The summed E-state index contributed by atoms with van der Waals surface area (Å²) >= 11 is 0. The Hall–Kier alpha value is -3.35. The van der Waals surface area contributed by atoms with Crippen LogP contribution in [0, 0.1) is 34.3 Å². The van der Waals surface area contributed by atoms with Crippen LogP contribution >= 0.6 is 0 Å². The zero-order valence-corrected chi connectivity index (χ0v) is 20.0. The van der Waals surface area contributed by atoms with E-state index in [0.717, 1.165) is 40.2 Å². The van der Waals surface area contributed by atoms with Gasteiger partial charge in [-0.3, -0.25) is 0 Å². The molecule has 0 aliphatic heterocycles. The summed E-state index contributed by atoms with van der Waals surface area (Å²) in [4.78, 5) is -0.416. The lowest BCUT2D eigenvalue weighted by molar-refractivity contribution is 0.227. The van der Waals surface area contributed by atoms with Crippen LogP contribution in [-0.2, 0) is 16.4 Å². The van der Waals surface area contributed by atoms with Crippen LogP contribution in [0.5, 0.6) is 0 Å². The van der Waals surface area contributed by atoms with Gasteiger partial charge < -0.3 is 0 Å². The maximum Gasteiger partial charge on any atom is 0.246 e. The van der Waals surface area contributed by atoms with Crippen LogP contribution in [0.3, 0.4) is 0 Å². The van der Waals surface area contributed by atoms with Gasteiger partial charge in [0.25, 0.3) is 0 Å². The van der Waals surface area contributed by atoms with Crippen LogP contribution in [-0.4, -0.2) is 35.6 Å². The SMILES string of the molecule is C[C@]12Cc3cnn(-c4ccc(F)cc4)c3C=C1CC[C@@H]2CN(CC#N)S(=O)(=O)c1ccccc1F. The molecule has 5 rings (SSSR count). The highest BCUT2D eigenvalue weighted by molar-refractivity contribution is 7.89. The van der Waals surface area contributed by atoms with Crippen LogP contribution < -0.4 is 0 Å². The monoisotopic (exact) mass is 494 g/mol. The van der Waals surface area contributed by atoms with E-state index in [0.29, 0.717) is 6.42 Å². The molecule has 0 N–H and O–H groups in total. The van der Waals surface area contributed by atoms with Crippen molar-refractivity contribution in [2.24, 2.45) is 11.3 Å². The van der Waals surface area contributed by atoms with Crippen molar-refractivity contribution < 1.29 is 17.2 Å². The molecule has 0 unspecified atom stereocenters. The summed E-state index contributed by atoms with van der Waals surface area (Å²) in [6, 6.07) is 13.3. The van der Waals surface area contributed by atoms with Crippen LogP contribution in [0.25, 0.3) is 11.8 Å². The molecule has 0 saturated heterocycles. The minimum Gasteiger partial charge on any atom is -0.233 e. The second-order valence-electron chi connectivity index (χ2n) is 9.33. The molecular formula is C26H24F2N4O2S. The fourth-order valence-electron chi connectivity index (χ4n) is 5.38. The molecule has 0 radical (unpaired) electrons. The molecule has 9 heteroatoms. The van der Waals surface area contributed by atoms with Crippen molar-refractivity contribution in [2.75, 3.05) is 13.1 Å². The smallest absolute Gasteiger partial charge is 0.233 e. The van der Waals surface area contributed by atoms with Crippen molar-refractivity contribution in [1.82, 2.24) is 14.1 Å². The molecule has 1 fully saturated rings. The van der Waals surface area contributed by atoms with Crippen molar-refractivity contribution in [1.29, 1.82) is 5.26 Å². The van der Waals surface area contributed by atoms with E-state index in [2.05, 4.69) is 18.1 Å². The van der Waals surface area contributed by atoms with Gasteiger partial charge in [-0.25, -0.2) is 21.9 Å². The highest BCUT2D eigenvalue weighted by atomic mass is 32.2. The maximum atomic E-state index is 14.3. The number of rotatable bonds is 6. The van der Waals surface area contributed by atoms with E-state index >= 15 is 0 Å². The number of nitriles is 1. The molecule has 3 aromatic rings. The lowest BCUT2D eigenvalue weighted by atomic mass is 9.70. The fraction of sp³-hybridized carbons (Fsp3) is 0.308. The summed E-state index contributed by atoms with van der Waals surface area (Å²) < 4.78 is 57.1. The third kappa shape index (κ3) is 3.97. The molecule has 2 atom stereocenters. The lowest BCUT2D eigenvalue weighted by Crippen LogP contribution is -2.41. The Morgan fingerprint density at radius 2 is 1.94 bits per heavy atom. The first kappa shape index (κ1) is 23.4. The Kier molecular flexibility index (Phi) is 5.82. The van der Waals surface area contributed by atoms with Crippen molar-refractivity contribution in [2.45, 2.75) is 31.1 Å². The molecule has 1 saturated carbocycles. The van der Waals surface area contributed by atoms with Gasteiger partial charge in [0, 0.05) is 6.54 Å². The Morgan fingerprint density at radius 1 is 1.20 bits per heavy atom. The van der Waals surface area contributed by atoms with E-state index in [-0.39, 0.29) is 30.2 Å². The first-order valence-electron chi connectivity index (χ1n) is 11.4. The molecule has 0 amide bonds. The molecule has 180 valence electrons. The standard InChI is InChI=1S/C26H24F2N4O2S/c1-26-15-18-16-30-32(22-10-8-21(27)9-11-22)24(18)14-19(26)6-7-20(26)17-31(13-12-29)35(33,34)25-5-3-2-4-23(25)28/h2-5,8-11,14,16,20H,6-7,13,15,17H2,1H3/t20-,26+/m1/s1. The van der Waals surface area contributed by atoms with Gasteiger partial charge in [-0.05, 0) is 78.6 Å². The zero-order chi connectivity index (χ0) is 24.8. The van der Waals surface area contributed by atoms with Gasteiger partial charge >= 0.3 is 0 Å². The fourth-order valence-corrected chi connectivity index (χ4v) is 6.83. The Bertz CT molecular complexity index is 1460. The highest BCUT2D eigenvalue weighted by Crippen LogP contribution is 2.53. The maximum absolute atomic E-state index is 14.3. The van der Waals surface area contributed by atoms with E-state index < -0.39 is 20.7 Å². The van der Waals surface area contributed by atoms with Gasteiger partial charge in [0.05, 0.1) is 23.6 Å². The second kappa shape index (κ2) is 8.70. The van der Waals surface area contributed by atoms with Crippen molar-refractivity contribution >= 4 is 16.1 Å². The number of nitrogens with zero attached hydrogens (tertiary/aromatic N) is 4. The summed E-state index contributed by atoms with van der Waals surface area (Å²) in [5.74, 6) is -1.19. The lowest BCUT2D eigenvalue weighted by Gasteiger charge is -2.37. The van der Waals surface area contributed by atoms with Crippen molar-refractivity contribution in [3.05, 3.63) is 83.2 Å². The largest absolute Gasteiger partial charge is 0.246 e. The third-order valence-electron chi connectivity index (χ3n) is 7.35. The minimum absolute atomic E-state index is 0.0500. The highest BCUT2D eigenvalue weighted by Gasteiger charge is 2.47. The predicted octanol–water partition coefficient (Wildman–Crippen LogP) is 4.72. The second-order valence-corrected chi connectivity index (χ2v) is 11.2. The number of aromatic nitrogens is 2. The number of hydrogen-bond donors (Lipinski definition) is 0. The number of fused-ring (bicyclic) bond motifs is 2. The van der Waals surface area contributed by atoms with Gasteiger partial charge in [0.1, 0.15) is 23.1 Å². The summed E-state index contributed by atoms with van der Waals surface area (Å²) in [6.07, 6.45) is 6.12. The number of sulfonamides is 1. The topological polar surface area (TPSA) is 79.0 Å². The molecule has 6 nitrogen and oxygen atoms in total. The quantitative estimate of drug-likeness (QED) is 0.465. The molecule has 2 aromatic carbocycles. The van der Waals surface area contributed by atoms with Gasteiger partial charge in [-0.15, -0.1) is 0 Å². The average molecular weight is 495 g/mol. The molecular weight excluding hydrogens is 470 g/mol. The normalized spacial score (nSPS) is 21.3. The summed E-state index contributed by atoms with van der Waals surface area (Å²) in [6.45, 7) is 1.89. The molecule has 2 aliphatic carbocycles. The van der Waals surface area contributed by atoms with E-state index in [9.17, 15) is 22.5 Å². The Morgan fingerprint density at radius 3 is 2.66 bits per heavy atom. The van der Waals surface area contributed by atoms with E-state index in [1.54, 1.807) is 23.0 Å². The first-order chi connectivity index (χ1) is 16.7. The van der Waals surface area contributed by atoms with Gasteiger partial charge in [-0.2, -0.15) is 14.7 Å². The Labute approximate surface area is 203 Å². The van der Waals surface area contributed by atoms with Crippen LogP contribution in [0.2, 0.25) is 0 Å². The molecule has 1 heterocycles. The van der Waals surface area contributed by atoms with Crippen LogP contribution in [0.4, 0.5) is 8.78 Å². The van der Waals surface area contributed by atoms with E-state index in [4.69, 9.17) is 0 Å². The van der Waals surface area contributed by atoms with E-state index in [1.165, 1.54) is 35.9 Å². The summed E-state index contributed by atoms with van der Waals surface area (Å²) in [5, 5.41) is 13.9. The number of benzene rings is 2. The molecule has 1 aromatic heterocycles. The number of hydrogen-bond acceptors (Lipinski definition) is 4. The van der Waals surface area contributed by atoms with Gasteiger partial charge in [-0.1, -0.05) is 24.6 Å². The van der Waals surface area contributed by atoms with Gasteiger partial charge in [0.2, 0.25) is 10.0 Å². The number of allylic oxidation sites excluding steroid dienone is 1. The molecule has 2 aliphatic rings. The molecule has 0 bridgehead atoms. The van der Waals surface area contributed by atoms with E-state index in [1.807, 2.05) is 6.07 Å². The number of halogens is 2. The van der Waals surface area contributed by atoms with Crippen molar-refractivity contribution in [3.8, 4) is 11.8 Å². The van der Waals surface area contributed by atoms with Crippen molar-refractivity contribution in [3.63, 3.8) is 0 Å². The minimum atomic E-state index is -4.17. The molecule has 0 spiro atoms. The summed E-state index contributed by atoms with van der Waals surface area (Å²) in [5.41, 5.74) is 3.61. The predicted molar refractivity (Wildman–Crippen MR) is 127 cm³/mol. The Balaban J connectivity index is 1.45. The average Bonchev–Trinajstić information content (AvgIpc) is 3.37.